The van der Waals surface area contributed by atoms with E-state index in [4.69, 9.17) is 8.85 Å². The molecule has 0 unspecified atom stereocenters. The molecular weight excluding hydrogens is 322 g/mol. The maximum Gasteiger partial charge on any atom is 0.307 e. The zero-order valence-electron chi connectivity index (χ0n) is 14.1. The molecule has 1 aromatic rings. The molecule has 0 aliphatic rings. The smallest absolute Gasteiger partial charge is 0.307 e. The zero-order chi connectivity index (χ0) is 16.9. The van der Waals surface area contributed by atoms with Crippen molar-refractivity contribution in [3.05, 3.63) is 35.9 Å². The van der Waals surface area contributed by atoms with E-state index >= 15 is 0 Å². The molecule has 0 heterocycles. The molecule has 0 saturated heterocycles. The van der Waals surface area contributed by atoms with Crippen LogP contribution in [-0.2, 0) is 11.2 Å². The van der Waals surface area contributed by atoms with E-state index in [2.05, 4.69) is 24.4 Å². The third kappa shape index (κ3) is 8.04. The number of rotatable bonds is 11. The lowest BCUT2D eigenvalue weighted by Crippen LogP contribution is -2.25. The second-order valence-corrected chi connectivity index (χ2v) is 6.14. The van der Waals surface area contributed by atoms with Crippen LogP contribution in [0.2, 0.25) is 13.1 Å². The van der Waals surface area contributed by atoms with E-state index in [0.717, 1.165) is 36.3 Å². The molecule has 0 fully saturated rings. The average molecular weight is 348 g/mol. The third-order valence-corrected chi connectivity index (χ3v) is 3.96. The molecule has 4 radical (unpaired) electrons. The highest BCUT2D eigenvalue weighted by Crippen LogP contribution is 2.28. The fourth-order valence-electron chi connectivity index (χ4n) is 2.03. The van der Waals surface area contributed by atoms with Crippen LogP contribution in [0.25, 0.3) is 0 Å². The van der Waals surface area contributed by atoms with Crippen molar-refractivity contribution >= 4 is 25.4 Å². The summed E-state index contributed by atoms with van der Waals surface area (Å²) in [5.41, 5.74) is 1.14. The summed E-state index contributed by atoms with van der Waals surface area (Å²) < 4.78 is 11.2. The maximum atomic E-state index is 11.7. The Morgan fingerprint density at radius 3 is 2.61 bits per heavy atom. The van der Waals surface area contributed by atoms with Gasteiger partial charge >= 0.3 is 19.5 Å². The quantitative estimate of drug-likeness (QED) is 0.494. The average Bonchev–Trinajstić information content (AvgIpc) is 2.54. The molecular formula is C17H25NO3Si2. The molecule has 0 aliphatic heterocycles. The molecule has 1 rings (SSSR count). The Bertz CT molecular complexity index is 507. The maximum absolute atomic E-state index is 11.7. The van der Waals surface area contributed by atoms with Gasteiger partial charge in [0.25, 0.3) is 0 Å². The van der Waals surface area contributed by atoms with Crippen molar-refractivity contribution in [2.45, 2.75) is 45.7 Å². The highest BCUT2D eigenvalue weighted by molar-refractivity contribution is 6.27. The van der Waals surface area contributed by atoms with Gasteiger partial charge in [-0.2, -0.15) is 0 Å². The lowest BCUT2D eigenvalue weighted by molar-refractivity contribution is -0.120. The molecule has 0 aromatic heterocycles. The number of amides is 1. The van der Waals surface area contributed by atoms with Gasteiger partial charge in [-0.05, 0) is 50.1 Å². The lowest BCUT2D eigenvalue weighted by atomic mass is 10.1. The van der Waals surface area contributed by atoms with E-state index in [1.807, 2.05) is 31.3 Å². The van der Waals surface area contributed by atoms with Crippen molar-refractivity contribution in [1.82, 2.24) is 5.32 Å². The Labute approximate surface area is 144 Å². The molecule has 0 aliphatic carbocycles. The van der Waals surface area contributed by atoms with Crippen LogP contribution < -0.4 is 14.2 Å². The minimum absolute atomic E-state index is 0.101. The predicted octanol–water partition coefficient (Wildman–Crippen LogP) is 3.18. The Morgan fingerprint density at radius 1 is 1.17 bits per heavy atom. The molecule has 0 bridgehead atoms. The fourth-order valence-corrected chi connectivity index (χ4v) is 2.79. The van der Waals surface area contributed by atoms with E-state index in [1.165, 1.54) is 0 Å². The molecule has 1 amide bonds. The number of benzene rings is 1. The molecule has 1 N–H and O–H groups in total. The summed E-state index contributed by atoms with van der Waals surface area (Å²) in [4.78, 5) is 11.7. The van der Waals surface area contributed by atoms with Crippen LogP contribution in [0.1, 0.15) is 31.7 Å². The minimum atomic E-state index is 0.101. The van der Waals surface area contributed by atoms with Gasteiger partial charge in [-0.1, -0.05) is 25.1 Å². The van der Waals surface area contributed by atoms with Crippen LogP contribution in [0.5, 0.6) is 11.5 Å². The first-order chi connectivity index (χ1) is 11.2. The van der Waals surface area contributed by atoms with Gasteiger partial charge in [-0.25, -0.2) is 0 Å². The van der Waals surface area contributed by atoms with Crippen LogP contribution in [-0.4, -0.2) is 32.0 Å². The van der Waals surface area contributed by atoms with Crippen molar-refractivity contribution < 1.29 is 13.6 Å². The summed E-state index contributed by atoms with van der Waals surface area (Å²) in [6, 6.07) is 5.97. The summed E-state index contributed by atoms with van der Waals surface area (Å²) in [5, 5.41) is 2.96. The standard InChI is InChI=1S/C17H25NO3Si2/c1-4-5-6-7-8-17(19)18-12-11-14-9-10-15(20-22-2)16(13-14)21-23-3/h5-6,9-10,13H,4,7-8,11-12H2,1-3H3,(H,18,19). The first-order valence-corrected chi connectivity index (χ1v) is 10.7. The Balaban J connectivity index is 2.43. The highest BCUT2D eigenvalue weighted by atomic mass is 28.2. The SMILES string of the molecule is CCC=CCCC(=O)NCCc1ccc(O[Si]C)c(O[Si]C)c1. The summed E-state index contributed by atoms with van der Waals surface area (Å²) in [6.07, 6.45) is 7.30. The molecule has 0 atom stereocenters. The summed E-state index contributed by atoms with van der Waals surface area (Å²) in [7, 11) is 0.767. The van der Waals surface area contributed by atoms with Crippen LogP contribution in [0.4, 0.5) is 0 Å². The summed E-state index contributed by atoms with van der Waals surface area (Å²) in [5.74, 6) is 1.67. The number of allylic oxidation sites excluding steroid dienone is 2. The second kappa shape index (κ2) is 12.0. The zero-order valence-corrected chi connectivity index (χ0v) is 16.1. The summed E-state index contributed by atoms with van der Waals surface area (Å²) >= 11 is 0. The van der Waals surface area contributed by atoms with E-state index in [1.54, 1.807) is 0 Å². The monoisotopic (exact) mass is 347 g/mol. The molecule has 4 nitrogen and oxygen atoms in total. The first-order valence-electron chi connectivity index (χ1n) is 7.93. The van der Waals surface area contributed by atoms with Crippen LogP contribution in [0, 0.1) is 0 Å². The summed E-state index contributed by atoms with van der Waals surface area (Å²) in [6.45, 7) is 6.69. The molecule has 0 saturated carbocycles. The normalized spacial score (nSPS) is 10.7. The number of nitrogens with one attached hydrogen (secondary N) is 1. The van der Waals surface area contributed by atoms with Gasteiger partial charge in [0.1, 0.15) is 11.5 Å². The van der Waals surface area contributed by atoms with E-state index in [-0.39, 0.29) is 5.91 Å². The molecule has 1 aromatic carbocycles. The molecule has 23 heavy (non-hydrogen) atoms. The van der Waals surface area contributed by atoms with Crippen molar-refractivity contribution in [2.75, 3.05) is 6.54 Å². The minimum Gasteiger partial charge on any atom is -0.539 e. The number of carbonyl (C=O) groups is 1. The van der Waals surface area contributed by atoms with Gasteiger partial charge in [0, 0.05) is 13.0 Å². The van der Waals surface area contributed by atoms with E-state index in [9.17, 15) is 4.79 Å². The molecule has 0 spiro atoms. The van der Waals surface area contributed by atoms with Crippen LogP contribution in [0.3, 0.4) is 0 Å². The number of hydrogen-bond donors (Lipinski definition) is 1. The van der Waals surface area contributed by atoms with E-state index < -0.39 is 0 Å². The Morgan fingerprint density at radius 2 is 1.91 bits per heavy atom. The largest absolute Gasteiger partial charge is 0.539 e. The third-order valence-electron chi connectivity index (χ3n) is 3.11. The van der Waals surface area contributed by atoms with E-state index in [0.29, 0.717) is 32.5 Å². The first kappa shape index (κ1) is 19.5. The van der Waals surface area contributed by atoms with Gasteiger partial charge in [0.05, 0.1) is 0 Å². The van der Waals surface area contributed by atoms with Gasteiger partial charge in [0.2, 0.25) is 5.91 Å². The van der Waals surface area contributed by atoms with Gasteiger partial charge in [-0.15, -0.1) is 0 Å². The highest BCUT2D eigenvalue weighted by Gasteiger charge is 2.07. The predicted molar refractivity (Wildman–Crippen MR) is 96.3 cm³/mol. The van der Waals surface area contributed by atoms with Crippen molar-refractivity contribution in [1.29, 1.82) is 0 Å². The van der Waals surface area contributed by atoms with Crippen molar-refractivity contribution in [2.24, 2.45) is 0 Å². The number of carbonyl (C=O) groups excluding carboxylic acids is 1. The molecule has 124 valence electrons. The number of hydrogen-bond acceptors (Lipinski definition) is 3. The fraction of sp³-hybridized carbons (Fsp3) is 0.471. The Kier molecular flexibility index (Phi) is 10.1. The van der Waals surface area contributed by atoms with Gasteiger partial charge in [0.15, 0.2) is 0 Å². The van der Waals surface area contributed by atoms with Crippen LogP contribution in [0.15, 0.2) is 30.4 Å². The Hall–Kier alpha value is -1.54. The lowest BCUT2D eigenvalue weighted by Gasteiger charge is -2.12. The topological polar surface area (TPSA) is 47.6 Å². The van der Waals surface area contributed by atoms with Gasteiger partial charge in [-0.3, -0.25) is 4.79 Å². The van der Waals surface area contributed by atoms with Gasteiger partial charge < -0.3 is 14.2 Å². The van der Waals surface area contributed by atoms with Crippen LogP contribution >= 0.6 is 0 Å². The molecule has 6 heteroatoms. The second-order valence-electron chi connectivity index (χ2n) is 4.91. The van der Waals surface area contributed by atoms with Crippen molar-refractivity contribution in [3.63, 3.8) is 0 Å². The van der Waals surface area contributed by atoms with Crippen molar-refractivity contribution in [3.8, 4) is 11.5 Å².